The smallest absolute Gasteiger partial charge is 0.224 e. The van der Waals surface area contributed by atoms with E-state index in [2.05, 4.69) is 10.3 Å². The predicted octanol–water partition coefficient (Wildman–Crippen LogP) is 4.35. The number of amides is 1. The molecular weight excluding hydrogens is 407 g/mol. The summed E-state index contributed by atoms with van der Waals surface area (Å²) in [4.78, 5) is 16.6. The number of aromatic nitrogens is 1. The highest BCUT2D eigenvalue weighted by atomic mass is 32.2. The van der Waals surface area contributed by atoms with E-state index >= 15 is 0 Å². The van der Waals surface area contributed by atoms with Gasteiger partial charge in [0.15, 0.2) is 14.2 Å². The number of sulfone groups is 1. The van der Waals surface area contributed by atoms with Crippen molar-refractivity contribution in [3.63, 3.8) is 0 Å². The normalized spacial score (nSPS) is 11.6. The third kappa shape index (κ3) is 5.06. The molecule has 27 heavy (non-hydrogen) atoms. The van der Waals surface area contributed by atoms with Crippen molar-refractivity contribution in [1.82, 2.24) is 4.98 Å². The third-order valence-corrected chi connectivity index (χ3v) is 7.64. The van der Waals surface area contributed by atoms with Crippen LogP contribution in [0.3, 0.4) is 0 Å². The SMILES string of the molecule is CSc1nc2ccc(NC(=O)CCCS(=O)(=O)c3ccc(F)cc3)cc2s1. The Morgan fingerprint density at radius 2 is 1.96 bits per heavy atom. The molecule has 0 saturated heterocycles. The summed E-state index contributed by atoms with van der Waals surface area (Å²) in [7, 11) is -3.53. The zero-order valence-corrected chi connectivity index (χ0v) is 16.9. The maximum atomic E-state index is 12.9. The van der Waals surface area contributed by atoms with Crippen LogP contribution in [0.4, 0.5) is 10.1 Å². The Hall–Kier alpha value is -1.97. The minimum absolute atomic E-state index is 0.0598. The van der Waals surface area contributed by atoms with E-state index in [0.717, 1.165) is 26.7 Å². The molecule has 142 valence electrons. The van der Waals surface area contributed by atoms with Crippen LogP contribution in [0.2, 0.25) is 0 Å². The first kappa shape index (κ1) is 19.8. The lowest BCUT2D eigenvalue weighted by atomic mass is 10.2. The van der Waals surface area contributed by atoms with Crippen LogP contribution in [-0.2, 0) is 14.6 Å². The molecule has 3 rings (SSSR count). The van der Waals surface area contributed by atoms with Crippen LogP contribution < -0.4 is 5.32 Å². The van der Waals surface area contributed by atoms with E-state index in [9.17, 15) is 17.6 Å². The largest absolute Gasteiger partial charge is 0.326 e. The topological polar surface area (TPSA) is 76.1 Å². The van der Waals surface area contributed by atoms with Crippen LogP contribution in [0.15, 0.2) is 51.7 Å². The summed E-state index contributed by atoms with van der Waals surface area (Å²) >= 11 is 3.12. The second kappa shape index (κ2) is 8.37. The van der Waals surface area contributed by atoms with Gasteiger partial charge in [0, 0.05) is 12.1 Å². The first-order valence-electron chi connectivity index (χ1n) is 8.10. The van der Waals surface area contributed by atoms with Crippen molar-refractivity contribution in [2.75, 3.05) is 17.3 Å². The van der Waals surface area contributed by atoms with Crippen LogP contribution in [0, 0.1) is 5.82 Å². The highest BCUT2D eigenvalue weighted by Gasteiger charge is 2.15. The van der Waals surface area contributed by atoms with E-state index in [1.54, 1.807) is 29.2 Å². The number of hydrogen-bond donors (Lipinski definition) is 1. The van der Waals surface area contributed by atoms with Crippen molar-refractivity contribution in [2.24, 2.45) is 0 Å². The zero-order chi connectivity index (χ0) is 19.4. The van der Waals surface area contributed by atoms with Gasteiger partial charge < -0.3 is 5.32 Å². The van der Waals surface area contributed by atoms with Gasteiger partial charge in [-0.05, 0) is 55.1 Å². The lowest BCUT2D eigenvalue weighted by Crippen LogP contribution is -2.14. The Labute approximate surface area is 164 Å². The molecule has 1 aromatic heterocycles. The van der Waals surface area contributed by atoms with Crippen molar-refractivity contribution >= 4 is 54.7 Å². The minimum atomic E-state index is -3.53. The standard InChI is InChI=1S/C18H17FN2O3S3/c1-25-18-21-15-9-6-13(11-16(15)26-18)20-17(22)3-2-10-27(23,24)14-7-4-12(19)5-8-14/h4-9,11H,2-3,10H2,1H3,(H,20,22). The van der Waals surface area contributed by atoms with Crippen LogP contribution in [-0.4, -0.2) is 31.3 Å². The van der Waals surface area contributed by atoms with Gasteiger partial charge in [0.1, 0.15) is 5.82 Å². The van der Waals surface area contributed by atoms with Crippen LogP contribution in [0.1, 0.15) is 12.8 Å². The molecule has 1 N–H and O–H groups in total. The van der Waals surface area contributed by atoms with Crippen LogP contribution >= 0.6 is 23.1 Å². The number of thiazole rings is 1. The number of hydrogen-bond acceptors (Lipinski definition) is 6. The Morgan fingerprint density at radius 1 is 1.22 bits per heavy atom. The van der Waals surface area contributed by atoms with Gasteiger partial charge in [-0.1, -0.05) is 11.8 Å². The molecule has 1 amide bonds. The number of nitrogens with one attached hydrogen (secondary N) is 1. The van der Waals surface area contributed by atoms with Crippen molar-refractivity contribution in [3.8, 4) is 0 Å². The molecule has 9 heteroatoms. The van der Waals surface area contributed by atoms with Gasteiger partial charge in [0.2, 0.25) is 5.91 Å². The molecule has 0 aliphatic heterocycles. The lowest BCUT2D eigenvalue weighted by molar-refractivity contribution is -0.116. The highest BCUT2D eigenvalue weighted by Crippen LogP contribution is 2.30. The Kier molecular flexibility index (Phi) is 6.13. The molecule has 0 saturated carbocycles. The number of carbonyl (C=O) groups is 1. The van der Waals surface area contributed by atoms with Gasteiger partial charge in [0.05, 0.1) is 20.9 Å². The van der Waals surface area contributed by atoms with Crippen LogP contribution in [0.25, 0.3) is 10.2 Å². The number of carbonyl (C=O) groups excluding carboxylic acids is 1. The van der Waals surface area contributed by atoms with E-state index in [1.165, 1.54) is 12.1 Å². The number of rotatable bonds is 7. The molecule has 0 fully saturated rings. The summed E-state index contributed by atoms with van der Waals surface area (Å²) in [5.41, 5.74) is 1.54. The average molecular weight is 425 g/mol. The Balaban J connectivity index is 1.55. The highest BCUT2D eigenvalue weighted by molar-refractivity contribution is 8.00. The fourth-order valence-corrected chi connectivity index (χ4v) is 5.31. The summed E-state index contributed by atoms with van der Waals surface area (Å²) in [5, 5.41) is 2.78. The minimum Gasteiger partial charge on any atom is -0.326 e. The second-order valence-electron chi connectivity index (χ2n) is 5.79. The molecule has 0 radical (unpaired) electrons. The second-order valence-corrected chi connectivity index (χ2v) is 9.98. The number of anilines is 1. The van der Waals surface area contributed by atoms with Gasteiger partial charge in [-0.25, -0.2) is 17.8 Å². The first-order valence-corrected chi connectivity index (χ1v) is 11.8. The van der Waals surface area contributed by atoms with E-state index in [4.69, 9.17) is 0 Å². The summed E-state index contributed by atoms with van der Waals surface area (Å²) in [5.74, 6) is -0.911. The number of nitrogens with zero attached hydrogens (tertiary/aromatic N) is 1. The van der Waals surface area contributed by atoms with Crippen molar-refractivity contribution in [3.05, 3.63) is 48.3 Å². The number of fused-ring (bicyclic) bond motifs is 1. The van der Waals surface area contributed by atoms with Gasteiger partial charge in [-0.2, -0.15) is 0 Å². The molecule has 0 bridgehead atoms. The Bertz CT molecular complexity index is 1060. The number of halogens is 1. The monoisotopic (exact) mass is 424 g/mol. The number of thioether (sulfide) groups is 1. The lowest BCUT2D eigenvalue weighted by Gasteiger charge is -2.06. The summed E-state index contributed by atoms with van der Waals surface area (Å²) < 4.78 is 39.2. The van der Waals surface area contributed by atoms with Gasteiger partial charge in [-0.3, -0.25) is 4.79 Å². The van der Waals surface area contributed by atoms with Crippen molar-refractivity contribution in [2.45, 2.75) is 22.1 Å². The average Bonchev–Trinajstić information content (AvgIpc) is 3.04. The predicted molar refractivity (Wildman–Crippen MR) is 108 cm³/mol. The molecule has 0 spiro atoms. The van der Waals surface area contributed by atoms with E-state index in [1.807, 2.05) is 18.4 Å². The van der Waals surface area contributed by atoms with E-state index in [-0.39, 0.29) is 29.4 Å². The molecule has 5 nitrogen and oxygen atoms in total. The zero-order valence-electron chi connectivity index (χ0n) is 14.4. The summed E-state index contributed by atoms with van der Waals surface area (Å²) in [6, 6.07) is 10.2. The van der Waals surface area contributed by atoms with Crippen molar-refractivity contribution in [1.29, 1.82) is 0 Å². The summed E-state index contributed by atoms with van der Waals surface area (Å²) in [6.45, 7) is 0. The van der Waals surface area contributed by atoms with Gasteiger partial charge >= 0.3 is 0 Å². The maximum Gasteiger partial charge on any atom is 0.224 e. The molecular formula is C18H17FN2O3S3. The Morgan fingerprint density at radius 3 is 2.67 bits per heavy atom. The summed E-state index contributed by atoms with van der Waals surface area (Å²) in [6.07, 6.45) is 2.22. The molecule has 3 aromatic rings. The fourth-order valence-electron chi connectivity index (χ4n) is 2.47. The van der Waals surface area contributed by atoms with Crippen molar-refractivity contribution < 1.29 is 17.6 Å². The molecule has 0 aliphatic rings. The molecule has 0 unspecified atom stereocenters. The van der Waals surface area contributed by atoms with Gasteiger partial charge in [0.25, 0.3) is 0 Å². The van der Waals surface area contributed by atoms with Crippen LogP contribution in [0.5, 0.6) is 0 Å². The molecule has 0 atom stereocenters. The third-order valence-electron chi connectivity index (χ3n) is 3.82. The molecule has 0 aliphatic carbocycles. The van der Waals surface area contributed by atoms with Gasteiger partial charge in [-0.15, -0.1) is 11.3 Å². The molecule has 2 aromatic carbocycles. The molecule has 1 heterocycles. The maximum absolute atomic E-state index is 12.9. The van der Waals surface area contributed by atoms with E-state index in [0.29, 0.717) is 5.69 Å². The number of benzene rings is 2. The quantitative estimate of drug-likeness (QED) is 0.451. The van der Waals surface area contributed by atoms with E-state index < -0.39 is 15.7 Å². The fraction of sp³-hybridized carbons (Fsp3) is 0.222. The first-order chi connectivity index (χ1) is 12.9.